The average Bonchev–Trinajstić information content (AvgIpc) is 2.53. The standard InChI is InChI=1S/C18H19N3/c1-13-3-5-17-11-15(4-6-18(17)21-13)12-20-14(2)16-7-9-19-10-8-16/h3-11,14,20H,12H2,1-2H3. The summed E-state index contributed by atoms with van der Waals surface area (Å²) in [6.45, 7) is 5.03. The largest absolute Gasteiger partial charge is 0.306 e. The first-order valence-corrected chi connectivity index (χ1v) is 7.22. The quantitative estimate of drug-likeness (QED) is 0.788. The minimum atomic E-state index is 0.305. The molecule has 0 fully saturated rings. The van der Waals surface area contributed by atoms with Crippen LogP contribution in [0, 0.1) is 6.92 Å². The molecule has 2 aromatic heterocycles. The lowest BCUT2D eigenvalue weighted by atomic mass is 10.1. The maximum absolute atomic E-state index is 4.53. The fourth-order valence-electron chi connectivity index (χ4n) is 2.43. The first kappa shape index (κ1) is 13.7. The van der Waals surface area contributed by atoms with Gasteiger partial charge in [-0.3, -0.25) is 9.97 Å². The second-order valence-corrected chi connectivity index (χ2v) is 5.36. The highest BCUT2D eigenvalue weighted by Gasteiger charge is 2.05. The molecule has 2 heterocycles. The van der Waals surface area contributed by atoms with Crippen LogP contribution in [0.25, 0.3) is 10.9 Å². The van der Waals surface area contributed by atoms with Gasteiger partial charge in [0.05, 0.1) is 5.52 Å². The molecule has 0 bridgehead atoms. The Balaban J connectivity index is 1.72. The van der Waals surface area contributed by atoms with E-state index in [9.17, 15) is 0 Å². The van der Waals surface area contributed by atoms with E-state index in [0.29, 0.717) is 6.04 Å². The molecule has 1 unspecified atom stereocenters. The highest BCUT2D eigenvalue weighted by molar-refractivity contribution is 5.79. The summed E-state index contributed by atoms with van der Waals surface area (Å²) in [6.07, 6.45) is 3.66. The van der Waals surface area contributed by atoms with E-state index < -0.39 is 0 Å². The summed E-state index contributed by atoms with van der Waals surface area (Å²) in [5.41, 5.74) is 4.64. The van der Waals surface area contributed by atoms with Crippen molar-refractivity contribution in [2.24, 2.45) is 0 Å². The number of hydrogen-bond donors (Lipinski definition) is 1. The Labute approximate surface area is 125 Å². The number of aryl methyl sites for hydroxylation is 1. The monoisotopic (exact) mass is 277 g/mol. The average molecular weight is 277 g/mol. The molecule has 0 aliphatic rings. The molecule has 0 amide bonds. The highest BCUT2D eigenvalue weighted by atomic mass is 14.9. The molecular weight excluding hydrogens is 258 g/mol. The Hall–Kier alpha value is -2.26. The molecule has 1 atom stereocenters. The summed E-state index contributed by atoms with van der Waals surface area (Å²) in [7, 11) is 0. The van der Waals surface area contributed by atoms with Gasteiger partial charge in [-0.2, -0.15) is 0 Å². The van der Waals surface area contributed by atoms with Crippen LogP contribution < -0.4 is 5.32 Å². The zero-order valence-electron chi connectivity index (χ0n) is 12.4. The van der Waals surface area contributed by atoms with E-state index in [1.807, 2.05) is 31.5 Å². The van der Waals surface area contributed by atoms with E-state index in [-0.39, 0.29) is 0 Å². The van der Waals surface area contributed by atoms with Crippen molar-refractivity contribution in [2.75, 3.05) is 0 Å². The van der Waals surface area contributed by atoms with Crippen LogP contribution in [-0.2, 0) is 6.54 Å². The number of benzene rings is 1. The molecule has 1 N–H and O–H groups in total. The molecule has 0 aliphatic carbocycles. The van der Waals surface area contributed by atoms with E-state index in [1.165, 1.54) is 16.5 Å². The Kier molecular flexibility index (Phi) is 3.93. The number of rotatable bonds is 4. The summed E-state index contributed by atoms with van der Waals surface area (Å²) in [6, 6.07) is 15.0. The van der Waals surface area contributed by atoms with Gasteiger partial charge in [0, 0.05) is 36.1 Å². The van der Waals surface area contributed by atoms with Crippen molar-refractivity contribution in [2.45, 2.75) is 26.4 Å². The van der Waals surface area contributed by atoms with Gasteiger partial charge in [-0.05, 0) is 55.3 Å². The molecule has 0 saturated carbocycles. The highest BCUT2D eigenvalue weighted by Crippen LogP contribution is 2.16. The third kappa shape index (κ3) is 3.26. The minimum absolute atomic E-state index is 0.305. The zero-order chi connectivity index (χ0) is 14.7. The lowest BCUT2D eigenvalue weighted by Crippen LogP contribution is -2.18. The predicted molar refractivity (Wildman–Crippen MR) is 86.0 cm³/mol. The summed E-state index contributed by atoms with van der Waals surface area (Å²) in [5.74, 6) is 0. The number of aromatic nitrogens is 2. The molecule has 0 saturated heterocycles. The Morgan fingerprint density at radius 2 is 1.86 bits per heavy atom. The minimum Gasteiger partial charge on any atom is -0.306 e. The van der Waals surface area contributed by atoms with Crippen LogP contribution in [0.3, 0.4) is 0 Å². The zero-order valence-corrected chi connectivity index (χ0v) is 12.4. The first-order valence-electron chi connectivity index (χ1n) is 7.22. The topological polar surface area (TPSA) is 37.8 Å². The van der Waals surface area contributed by atoms with Gasteiger partial charge in [-0.15, -0.1) is 0 Å². The van der Waals surface area contributed by atoms with Crippen LogP contribution in [0.15, 0.2) is 54.9 Å². The van der Waals surface area contributed by atoms with Crippen LogP contribution in [-0.4, -0.2) is 9.97 Å². The molecule has 0 spiro atoms. The summed E-state index contributed by atoms with van der Waals surface area (Å²) < 4.78 is 0. The summed E-state index contributed by atoms with van der Waals surface area (Å²) >= 11 is 0. The van der Waals surface area contributed by atoms with E-state index >= 15 is 0 Å². The van der Waals surface area contributed by atoms with Crippen molar-refractivity contribution < 1.29 is 0 Å². The van der Waals surface area contributed by atoms with E-state index in [4.69, 9.17) is 0 Å². The van der Waals surface area contributed by atoms with Gasteiger partial charge < -0.3 is 5.32 Å². The normalized spacial score (nSPS) is 12.5. The van der Waals surface area contributed by atoms with Crippen LogP contribution in [0.1, 0.15) is 29.8 Å². The Bertz CT molecular complexity index is 738. The SMILES string of the molecule is Cc1ccc2cc(CNC(C)c3ccncc3)ccc2n1. The molecule has 3 rings (SSSR count). The van der Waals surface area contributed by atoms with Crippen LogP contribution in [0.5, 0.6) is 0 Å². The molecule has 3 heteroatoms. The number of pyridine rings is 2. The fraction of sp³-hybridized carbons (Fsp3) is 0.222. The molecule has 106 valence electrons. The van der Waals surface area contributed by atoms with E-state index in [0.717, 1.165) is 17.8 Å². The Morgan fingerprint density at radius 1 is 1.05 bits per heavy atom. The van der Waals surface area contributed by atoms with Crippen molar-refractivity contribution in [3.63, 3.8) is 0 Å². The van der Waals surface area contributed by atoms with Crippen molar-refractivity contribution in [3.8, 4) is 0 Å². The molecule has 3 aromatic rings. The van der Waals surface area contributed by atoms with Gasteiger partial charge in [0.25, 0.3) is 0 Å². The number of fused-ring (bicyclic) bond motifs is 1. The van der Waals surface area contributed by atoms with E-state index in [2.05, 4.69) is 52.5 Å². The van der Waals surface area contributed by atoms with Crippen molar-refractivity contribution in [1.82, 2.24) is 15.3 Å². The summed E-state index contributed by atoms with van der Waals surface area (Å²) in [4.78, 5) is 8.58. The van der Waals surface area contributed by atoms with Crippen molar-refractivity contribution in [3.05, 3.63) is 71.7 Å². The predicted octanol–water partition coefficient (Wildman–Crippen LogP) is 3.79. The van der Waals surface area contributed by atoms with Gasteiger partial charge in [0.1, 0.15) is 0 Å². The van der Waals surface area contributed by atoms with Crippen LogP contribution >= 0.6 is 0 Å². The lowest BCUT2D eigenvalue weighted by molar-refractivity contribution is 0.574. The third-order valence-electron chi connectivity index (χ3n) is 3.71. The maximum Gasteiger partial charge on any atom is 0.0705 e. The maximum atomic E-state index is 4.53. The van der Waals surface area contributed by atoms with Crippen LogP contribution in [0.4, 0.5) is 0 Å². The van der Waals surface area contributed by atoms with Gasteiger partial charge in [0.2, 0.25) is 0 Å². The molecule has 3 nitrogen and oxygen atoms in total. The second kappa shape index (κ2) is 6.02. The number of hydrogen-bond acceptors (Lipinski definition) is 3. The van der Waals surface area contributed by atoms with Gasteiger partial charge in [-0.25, -0.2) is 0 Å². The van der Waals surface area contributed by atoms with Gasteiger partial charge in [0.15, 0.2) is 0 Å². The molecular formula is C18H19N3. The third-order valence-corrected chi connectivity index (χ3v) is 3.71. The molecule has 1 aromatic carbocycles. The van der Waals surface area contributed by atoms with E-state index in [1.54, 1.807) is 0 Å². The smallest absolute Gasteiger partial charge is 0.0705 e. The Morgan fingerprint density at radius 3 is 2.67 bits per heavy atom. The number of nitrogens with one attached hydrogen (secondary N) is 1. The first-order chi connectivity index (χ1) is 10.2. The van der Waals surface area contributed by atoms with Gasteiger partial charge in [-0.1, -0.05) is 12.1 Å². The second-order valence-electron chi connectivity index (χ2n) is 5.36. The molecule has 0 aliphatic heterocycles. The molecule has 21 heavy (non-hydrogen) atoms. The summed E-state index contributed by atoms with van der Waals surface area (Å²) in [5, 5.41) is 4.73. The van der Waals surface area contributed by atoms with Gasteiger partial charge >= 0.3 is 0 Å². The molecule has 0 radical (unpaired) electrons. The number of nitrogens with zero attached hydrogens (tertiary/aromatic N) is 2. The van der Waals surface area contributed by atoms with Crippen molar-refractivity contribution in [1.29, 1.82) is 0 Å². The fourth-order valence-corrected chi connectivity index (χ4v) is 2.43. The lowest BCUT2D eigenvalue weighted by Gasteiger charge is -2.14. The van der Waals surface area contributed by atoms with Crippen LogP contribution in [0.2, 0.25) is 0 Å². The van der Waals surface area contributed by atoms with Crippen molar-refractivity contribution >= 4 is 10.9 Å².